The lowest BCUT2D eigenvalue weighted by molar-refractivity contribution is -0.138. The van der Waals surface area contributed by atoms with Crippen molar-refractivity contribution in [2.75, 3.05) is 43.9 Å². The summed E-state index contributed by atoms with van der Waals surface area (Å²) in [6, 6.07) is -0.977. The van der Waals surface area contributed by atoms with Crippen molar-refractivity contribution in [2.24, 2.45) is 5.73 Å². The Kier molecular flexibility index (Phi) is 6.24. The van der Waals surface area contributed by atoms with E-state index < -0.39 is 22.0 Å². The highest BCUT2D eigenvalue weighted by Crippen LogP contribution is 2.09. The van der Waals surface area contributed by atoms with Crippen LogP contribution in [0.4, 0.5) is 0 Å². The molecule has 0 saturated carbocycles. The number of sulfonamides is 1. The normalized spacial score (nSPS) is 18.8. The van der Waals surface area contributed by atoms with E-state index in [9.17, 15) is 18.0 Å². The number of carboxylic acids is 1. The first-order valence-corrected chi connectivity index (χ1v) is 9.01. The van der Waals surface area contributed by atoms with Gasteiger partial charge in [0, 0.05) is 31.9 Å². The Morgan fingerprint density at radius 3 is 2.30 bits per heavy atom. The summed E-state index contributed by atoms with van der Waals surface area (Å²) in [6.07, 6.45) is 1.15. The first-order chi connectivity index (χ1) is 9.21. The molecule has 1 aliphatic rings. The molecule has 1 atom stereocenters. The molecule has 1 rings (SSSR count). The number of piperazine rings is 1. The SMILES string of the molecule is CS(=O)(=O)N1CCN(C(=O)CSCC(N)C(=O)O)CC1. The summed E-state index contributed by atoms with van der Waals surface area (Å²) in [5, 5.41) is 8.61. The van der Waals surface area contributed by atoms with Crippen molar-refractivity contribution in [2.45, 2.75) is 6.04 Å². The molecular formula is C10H19N3O5S2. The minimum Gasteiger partial charge on any atom is -0.480 e. The lowest BCUT2D eigenvalue weighted by Crippen LogP contribution is -2.50. The van der Waals surface area contributed by atoms with Crippen LogP contribution in [0.1, 0.15) is 0 Å². The first-order valence-electron chi connectivity index (χ1n) is 6.01. The van der Waals surface area contributed by atoms with E-state index in [-0.39, 0.29) is 17.4 Å². The van der Waals surface area contributed by atoms with E-state index in [1.54, 1.807) is 4.90 Å². The summed E-state index contributed by atoms with van der Waals surface area (Å²) >= 11 is 1.17. The fraction of sp³-hybridized carbons (Fsp3) is 0.800. The number of aliphatic carboxylic acids is 1. The first kappa shape index (κ1) is 17.2. The van der Waals surface area contributed by atoms with E-state index in [2.05, 4.69) is 0 Å². The molecule has 0 aliphatic carbocycles. The van der Waals surface area contributed by atoms with Gasteiger partial charge in [0.2, 0.25) is 15.9 Å². The van der Waals surface area contributed by atoms with Crippen molar-refractivity contribution in [3.8, 4) is 0 Å². The van der Waals surface area contributed by atoms with Crippen LogP contribution >= 0.6 is 11.8 Å². The van der Waals surface area contributed by atoms with Crippen LogP contribution in [0, 0.1) is 0 Å². The summed E-state index contributed by atoms with van der Waals surface area (Å²) in [5.74, 6) is -0.892. The molecule has 0 radical (unpaired) electrons. The number of hydrogen-bond acceptors (Lipinski definition) is 6. The number of hydrogen-bond donors (Lipinski definition) is 2. The summed E-state index contributed by atoms with van der Waals surface area (Å²) in [7, 11) is -3.20. The van der Waals surface area contributed by atoms with E-state index >= 15 is 0 Å². The topological polar surface area (TPSA) is 121 Å². The fourth-order valence-corrected chi connectivity index (χ4v) is 3.40. The summed E-state index contributed by atoms with van der Waals surface area (Å²) in [5.41, 5.74) is 5.33. The van der Waals surface area contributed by atoms with Gasteiger partial charge in [-0.05, 0) is 0 Å². The molecule has 116 valence electrons. The molecule has 20 heavy (non-hydrogen) atoms. The standard InChI is InChI=1S/C10H19N3O5S2/c1-20(17,18)13-4-2-12(3-5-13)9(14)7-19-6-8(11)10(15)16/h8H,2-7,11H2,1H3,(H,15,16). The summed E-state index contributed by atoms with van der Waals surface area (Å²) in [4.78, 5) is 23.9. The van der Waals surface area contributed by atoms with Gasteiger partial charge in [0.05, 0.1) is 12.0 Å². The molecule has 1 saturated heterocycles. The van der Waals surface area contributed by atoms with Crippen molar-refractivity contribution < 1.29 is 23.1 Å². The fourth-order valence-electron chi connectivity index (χ4n) is 1.70. The Labute approximate surface area is 122 Å². The van der Waals surface area contributed by atoms with Gasteiger partial charge in [-0.25, -0.2) is 8.42 Å². The maximum absolute atomic E-state index is 11.9. The van der Waals surface area contributed by atoms with E-state index in [1.165, 1.54) is 16.1 Å². The Morgan fingerprint density at radius 1 is 1.30 bits per heavy atom. The number of carboxylic acid groups (broad SMARTS) is 1. The van der Waals surface area contributed by atoms with Gasteiger partial charge in [-0.2, -0.15) is 4.31 Å². The smallest absolute Gasteiger partial charge is 0.321 e. The Hall–Kier alpha value is -0.840. The van der Waals surface area contributed by atoms with Crippen molar-refractivity contribution in [3.63, 3.8) is 0 Å². The van der Waals surface area contributed by atoms with Crippen LogP contribution in [0.15, 0.2) is 0 Å². The third kappa shape index (κ3) is 5.27. The Balaban J connectivity index is 2.31. The van der Waals surface area contributed by atoms with Crippen LogP contribution in [0.2, 0.25) is 0 Å². The highest BCUT2D eigenvalue weighted by Gasteiger charge is 2.25. The number of thioether (sulfide) groups is 1. The van der Waals surface area contributed by atoms with E-state index in [1.807, 2.05) is 0 Å². The number of amides is 1. The Morgan fingerprint density at radius 2 is 1.85 bits per heavy atom. The lowest BCUT2D eigenvalue weighted by atomic mass is 10.3. The second-order valence-electron chi connectivity index (χ2n) is 4.50. The number of carbonyl (C=O) groups is 2. The van der Waals surface area contributed by atoms with Crippen molar-refractivity contribution in [1.29, 1.82) is 0 Å². The molecule has 0 aromatic carbocycles. The lowest BCUT2D eigenvalue weighted by Gasteiger charge is -2.33. The van der Waals surface area contributed by atoms with Gasteiger partial charge in [0.15, 0.2) is 0 Å². The quantitative estimate of drug-likeness (QED) is 0.593. The minimum absolute atomic E-state index is 0.124. The summed E-state index contributed by atoms with van der Waals surface area (Å²) < 4.78 is 24.0. The molecule has 1 unspecified atom stereocenters. The van der Waals surface area contributed by atoms with Gasteiger partial charge < -0.3 is 15.7 Å². The van der Waals surface area contributed by atoms with Crippen molar-refractivity contribution in [1.82, 2.24) is 9.21 Å². The zero-order valence-corrected chi connectivity index (χ0v) is 12.8. The van der Waals surface area contributed by atoms with Crippen LogP contribution in [-0.4, -0.2) is 84.6 Å². The average Bonchev–Trinajstić information content (AvgIpc) is 2.37. The molecule has 1 amide bonds. The highest BCUT2D eigenvalue weighted by molar-refractivity contribution is 8.00. The van der Waals surface area contributed by atoms with Crippen LogP contribution in [0.5, 0.6) is 0 Å². The maximum atomic E-state index is 11.9. The molecule has 1 heterocycles. The van der Waals surface area contributed by atoms with Gasteiger partial charge >= 0.3 is 5.97 Å². The molecule has 1 aliphatic heterocycles. The largest absolute Gasteiger partial charge is 0.480 e. The zero-order valence-electron chi connectivity index (χ0n) is 11.2. The molecule has 0 bridgehead atoms. The molecular weight excluding hydrogens is 306 g/mol. The van der Waals surface area contributed by atoms with Crippen LogP contribution < -0.4 is 5.73 Å². The molecule has 0 aromatic rings. The van der Waals surface area contributed by atoms with Crippen molar-refractivity contribution in [3.05, 3.63) is 0 Å². The van der Waals surface area contributed by atoms with Gasteiger partial charge in [-0.1, -0.05) is 0 Å². The van der Waals surface area contributed by atoms with Crippen LogP contribution in [0.25, 0.3) is 0 Å². The Bertz CT molecular complexity index is 460. The van der Waals surface area contributed by atoms with Gasteiger partial charge in [-0.15, -0.1) is 11.8 Å². The van der Waals surface area contributed by atoms with Crippen LogP contribution in [-0.2, 0) is 19.6 Å². The van der Waals surface area contributed by atoms with Crippen molar-refractivity contribution >= 4 is 33.7 Å². The van der Waals surface area contributed by atoms with Gasteiger partial charge in [0.25, 0.3) is 0 Å². The minimum atomic E-state index is -3.20. The van der Waals surface area contributed by atoms with E-state index in [0.29, 0.717) is 26.2 Å². The third-order valence-corrected chi connectivity index (χ3v) is 5.25. The van der Waals surface area contributed by atoms with E-state index in [0.717, 1.165) is 6.26 Å². The van der Waals surface area contributed by atoms with Gasteiger partial charge in [0.1, 0.15) is 6.04 Å². The third-order valence-electron chi connectivity index (χ3n) is 2.90. The number of nitrogens with zero attached hydrogens (tertiary/aromatic N) is 2. The maximum Gasteiger partial charge on any atom is 0.321 e. The predicted molar refractivity (Wildman–Crippen MR) is 75.9 cm³/mol. The number of carbonyl (C=O) groups excluding carboxylic acids is 1. The molecule has 3 N–H and O–H groups in total. The molecule has 8 nitrogen and oxygen atoms in total. The predicted octanol–water partition coefficient (Wildman–Crippen LogP) is -1.76. The zero-order chi connectivity index (χ0) is 15.3. The molecule has 10 heteroatoms. The molecule has 0 spiro atoms. The van der Waals surface area contributed by atoms with Crippen LogP contribution in [0.3, 0.4) is 0 Å². The summed E-state index contributed by atoms with van der Waals surface area (Å²) in [6.45, 7) is 1.31. The second kappa shape index (κ2) is 7.25. The average molecular weight is 325 g/mol. The molecule has 1 fully saturated rings. The monoisotopic (exact) mass is 325 g/mol. The number of rotatable bonds is 6. The van der Waals surface area contributed by atoms with Gasteiger partial charge in [-0.3, -0.25) is 9.59 Å². The highest BCUT2D eigenvalue weighted by atomic mass is 32.2. The number of nitrogens with two attached hydrogens (primary N) is 1. The molecule has 0 aromatic heterocycles. The second-order valence-corrected chi connectivity index (χ2v) is 7.52. The van der Waals surface area contributed by atoms with E-state index in [4.69, 9.17) is 10.8 Å².